The molecular weight excluding hydrogens is 409 g/mol. The molecule has 0 saturated carbocycles. The summed E-state index contributed by atoms with van der Waals surface area (Å²) in [6.07, 6.45) is 0. The van der Waals surface area contributed by atoms with Gasteiger partial charge in [-0.2, -0.15) is 0 Å². The van der Waals surface area contributed by atoms with Gasteiger partial charge >= 0.3 is 5.97 Å². The van der Waals surface area contributed by atoms with Crippen molar-refractivity contribution in [3.63, 3.8) is 0 Å². The summed E-state index contributed by atoms with van der Waals surface area (Å²) in [7, 11) is 1.58. The number of carbonyl (C=O) groups excluding carboxylic acids is 1. The Balaban J connectivity index is 2.18. The summed E-state index contributed by atoms with van der Waals surface area (Å²) in [6, 6.07) is 10.3. The minimum atomic E-state index is -0.692. The monoisotopic (exact) mass is 423 g/mol. The Morgan fingerprint density at radius 2 is 1.81 bits per heavy atom. The van der Waals surface area contributed by atoms with Crippen molar-refractivity contribution < 1.29 is 14.3 Å². The maximum atomic E-state index is 13.0. The highest BCUT2D eigenvalue weighted by molar-refractivity contribution is 7.99. The quantitative estimate of drug-likeness (QED) is 0.573. The third-order valence-electron chi connectivity index (χ3n) is 3.77. The van der Waals surface area contributed by atoms with Crippen molar-refractivity contribution in [1.82, 2.24) is 4.98 Å². The smallest absolute Gasteiger partial charge is 0.344 e. The third kappa shape index (κ3) is 4.08. The van der Waals surface area contributed by atoms with Crippen LogP contribution >= 0.6 is 35.0 Å². The molecule has 2 aromatic carbocycles. The van der Waals surface area contributed by atoms with E-state index in [9.17, 15) is 9.59 Å². The number of aromatic amines is 1. The average molecular weight is 424 g/mol. The number of H-pyrrole nitrogens is 1. The molecule has 0 aliphatic heterocycles. The molecule has 140 valence electrons. The van der Waals surface area contributed by atoms with Gasteiger partial charge in [0.05, 0.1) is 34.3 Å². The van der Waals surface area contributed by atoms with Gasteiger partial charge in [0.2, 0.25) is 5.43 Å². The van der Waals surface area contributed by atoms with Gasteiger partial charge in [0.1, 0.15) is 11.3 Å². The lowest BCUT2D eigenvalue weighted by Gasteiger charge is -2.11. The van der Waals surface area contributed by atoms with Gasteiger partial charge in [-0.15, -0.1) is 0 Å². The maximum Gasteiger partial charge on any atom is 0.344 e. The molecule has 5 nitrogen and oxygen atoms in total. The fourth-order valence-electron chi connectivity index (χ4n) is 2.49. The minimum Gasteiger partial charge on any atom is -0.497 e. The van der Waals surface area contributed by atoms with Crippen LogP contribution in [0.25, 0.3) is 10.9 Å². The van der Waals surface area contributed by atoms with Crippen molar-refractivity contribution in [3.05, 3.63) is 62.2 Å². The first-order valence-corrected chi connectivity index (χ1v) is 9.56. The number of hydrogen-bond acceptors (Lipinski definition) is 5. The lowest BCUT2D eigenvalue weighted by atomic mass is 10.1. The lowest BCUT2D eigenvalue weighted by Crippen LogP contribution is -2.20. The van der Waals surface area contributed by atoms with Gasteiger partial charge < -0.3 is 14.5 Å². The van der Waals surface area contributed by atoms with E-state index in [0.29, 0.717) is 21.3 Å². The summed E-state index contributed by atoms with van der Waals surface area (Å²) < 4.78 is 10.2. The molecule has 27 heavy (non-hydrogen) atoms. The Hall–Kier alpha value is -2.15. The lowest BCUT2D eigenvalue weighted by molar-refractivity contribution is 0.0520. The van der Waals surface area contributed by atoms with Crippen LogP contribution < -0.4 is 10.2 Å². The van der Waals surface area contributed by atoms with Crippen LogP contribution in [0.2, 0.25) is 10.0 Å². The highest BCUT2D eigenvalue weighted by Gasteiger charge is 2.22. The van der Waals surface area contributed by atoms with Gasteiger partial charge in [-0.1, -0.05) is 35.0 Å². The van der Waals surface area contributed by atoms with E-state index in [0.717, 1.165) is 4.90 Å². The van der Waals surface area contributed by atoms with Crippen LogP contribution in [0.5, 0.6) is 5.75 Å². The standard InChI is InChI=1S/C19H15Cl2NO4S/c1-3-26-19(24)16-17(23)12-8-13(20)14(21)9-15(12)22-18(16)27-11-6-4-10(25-2)5-7-11/h4-9H,3H2,1-2H3,(H,22,23). The average Bonchev–Trinajstić information content (AvgIpc) is 2.64. The number of aromatic nitrogens is 1. The topological polar surface area (TPSA) is 68.4 Å². The Morgan fingerprint density at radius 3 is 2.44 bits per heavy atom. The number of benzene rings is 2. The minimum absolute atomic E-state index is 0.0662. The SMILES string of the molecule is CCOC(=O)c1c(Sc2ccc(OC)cc2)[nH]c2cc(Cl)c(Cl)cc2c1=O. The number of halogens is 2. The van der Waals surface area contributed by atoms with Gasteiger partial charge in [0.15, 0.2) is 0 Å². The predicted molar refractivity (Wildman–Crippen MR) is 108 cm³/mol. The van der Waals surface area contributed by atoms with Crippen molar-refractivity contribution in [3.8, 4) is 5.75 Å². The Morgan fingerprint density at radius 1 is 1.15 bits per heavy atom. The van der Waals surface area contributed by atoms with Crippen LogP contribution in [0.4, 0.5) is 0 Å². The summed E-state index contributed by atoms with van der Waals surface area (Å²) in [5.74, 6) is 0.0149. The first-order valence-electron chi connectivity index (χ1n) is 7.98. The highest BCUT2D eigenvalue weighted by atomic mass is 35.5. The largest absolute Gasteiger partial charge is 0.497 e. The molecule has 0 aliphatic carbocycles. The molecule has 0 radical (unpaired) electrons. The summed E-state index contributed by atoms with van der Waals surface area (Å²) in [5, 5.41) is 1.19. The molecule has 8 heteroatoms. The molecule has 0 amide bonds. The van der Waals surface area contributed by atoms with Gasteiger partial charge in [0, 0.05) is 10.3 Å². The number of rotatable bonds is 5. The van der Waals surface area contributed by atoms with Crippen molar-refractivity contribution >= 4 is 51.8 Å². The second kappa shape index (κ2) is 8.25. The van der Waals surface area contributed by atoms with E-state index < -0.39 is 11.4 Å². The van der Waals surface area contributed by atoms with Crippen molar-refractivity contribution in [2.45, 2.75) is 16.8 Å². The number of carbonyl (C=O) groups is 1. The van der Waals surface area contributed by atoms with E-state index in [-0.39, 0.29) is 22.6 Å². The summed E-state index contributed by atoms with van der Waals surface area (Å²) in [4.78, 5) is 29.3. The molecule has 0 atom stereocenters. The summed E-state index contributed by atoms with van der Waals surface area (Å²) in [5.41, 5.74) is -0.0428. The summed E-state index contributed by atoms with van der Waals surface area (Å²) >= 11 is 13.3. The Kier molecular flexibility index (Phi) is 5.99. The van der Waals surface area contributed by atoms with E-state index in [1.54, 1.807) is 32.2 Å². The first kappa shape index (κ1) is 19.6. The molecular formula is C19H15Cl2NO4S. The van der Waals surface area contributed by atoms with Crippen LogP contribution in [-0.4, -0.2) is 24.7 Å². The van der Waals surface area contributed by atoms with Gasteiger partial charge in [-0.25, -0.2) is 4.79 Å². The summed E-state index contributed by atoms with van der Waals surface area (Å²) in [6.45, 7) is 1.84. The molecule has 0 bridgehead atoms. The zero-order chi connectivity index (χ0) is 19.6. The van der Waals surface area contributed by atoms with E-state index in [4.69, 9.17) is 32.7 Å². The zero-order valence-corrected chi connectivity index (χ0v) is 16.8. The van der Waals surface area contributed by atoms with Crippen LogP contribution in [0.3, 0.4) is 0 Å². The molecule has 3 rings (SSSR count). The first-order chi connectivity index (χ1) is 12.9. The molecule has 0 saturated heterocycles. The predicted octanol–water partition coefficient (Wildman–Crippen LogP) is 5.17. The molecule has 0 unspecified atom stereocenters. The fourth-order valence-corrected chi connectivity index (χ4v) is 3.76. The second-order valence-electron chi connectivity index (χ2n) is 5.47. The van der Waals surface area contributed by atoms with E-state index in [1.807, 2.05) is 12.1 Å². The van der Waals surface area contributed by atoms with Gasteiger partial charge in [-0.3, -0.25) is 4.79 Å². The maximum absolute atomic E-state index is 13.0. The van der Waals surface area contributed by atoms with Crippen LogP contribution in [0, 0.1) is 0 Å². The number of fused-ring (bicyclic) bond motifs is 1. The van der Waals surface area contributed by atoms with Crippen LogP contribution in [0.15, 0.2) is 51.1 Å². The van der Waals surface area contributed by atoms with Crippen LogP contribution in [0.1, 0.15) is 17.3 Å². The van der Waals surface area contributed by atoms with Crippen molar-refractivity contribution in [1.29, 1.82) is 0 Å². The van der Waals surface area contributed by atoms with Crippen molar-refractivity contribution in [2.75, 3.05) is 13.7 Å². The molecule has 3 aromatic rings. The van der Waals surface area contributed by atoms with E-state index in [2.05, 4.69) is 4.98 Å². The Labute approximate surface area is 169 Å². The molecule has 0 spiro atoms. The van der Waals surface area contributed by atoms with E-state index >= 15 is 0 Å². The number of hydrogen-bond donors (Lipinski definition) is 1. The molecule has 1 heterocycles. The number of esters is 1. The molecule has 1 N–H and O–H groups in total. The highest BCUT2D eigenvalue weighted by Crippen LogP contribution is 2.32. The normalized spacial score (nSPS) is 10.8. The van der Waals surface area contributed by atoms with Gasteiger partial charge in [-0.05, 0) is 43.3 Å². The Bertz CT molecular complexity index is 1060. The zero-order valence-electron chi connectivity index (χ0n) is 14.5. The molecule has 1 aromatic heterocycles. The number of pyridine rings is 1. The number of ether oxygens (including phenoxy) is 2. The number of nitrogens with one attached hydrogen (secondary N) is 1. The molecule has 0 fully saturated rings. The number of methoxy groups -OCH3 is 1. The molecule has 0 aliphatic rings. The van der Waals surface area contributed by atoms with E-state index in [1.165, 1.54) is 17.8 Å². The van der Waals surface area contributed by atoms with Crippen LogP contribution in [-0.2, 0) is 4.74 Å². The fraction of sp³-hybridized carbons (Fsp3) is 0.158. The van der Waals surface area contributed by atoms with Crippen molar-refractivity contribution in [2.24, 2.45) is 0 Å². The van der Waals surface area contributed by atoms with Gasteiger partial charge in [0.25, 0.3) is 0 Å². The third-order valence-corrected chi connectivity index (χ3v) is 5.51. The second-order valence-corrected chi connectivity index (χ2v) is 7.37.